The van der Waals surface area contributed by atoms with Crippen molar-refractivity contribution in [2.45, 2.75) is 13.3 Å². The third-order valence-corrected chi connectivity index (χ3v) is 3.07. The van der Waals surface area contributed by atoms with Gasteiger partial charge in [-0.05, 0) is 37.6 Å². The molecule has 122 valence electrons. The lowest BCUT2D eigenvalue weighted by atomic mass is 10.2. The average Bonchev–Trinajstić information content (AvgIpc) is 2.51. The van der Waals surface area contributed by atoms with Gasteiger partial charge in [-0.3, -0.25) is 0 Å². The Morgan fingerprint density at radius 2 is 2.00 bits per heavy atom. The number of hydrogen-bond acceptors (Lipinski definition) is 6. The van der Waals surface area contributed by atoms with Crippen LogP contribution in [0.2, 0.25) is 0 Å². The summed E-state index contributed by atoms with van der Waals surface area (Å²) in [6.45, 7) is 3.30. The van der Waals surface area contributed by atoms with E-state index >= 15 is 0 Å². The van der Waals surface area contributed by atoms with Crippen molar-refractivity contribution in [3.8, 4) is 0 Å². The zero-order valence-electron chi connectivity index (χ0n) is 13.2. The quantitative estimate of drug-likeness (QED) is 0.644. The molecule has 0 fully saturated rings. The maximum Gasteiger partial charge on any atom is 0.335 e. The predicted molar refractivity (Wildman–Crippen MR) is 88.4 cm³/mol. The predicted octanol–water partition coefficient (Wildman–Crippen LogP) is 2.68. The van der Waals surface area contributed by atoms with Crippen molar-refractivity contribution in [1.82, 2.24) is 9.97 Å². The molecule has 0 saturated heterocycles. The van der Waals surface area contributed by atoms with E-state index < -0.39 is 5.97 Å². The van der Waals surface area contributed by atoms with Crippen LogP contribution in [-0.2, 0) is 4.74 Å². The second-order valence-electron chi connectivity index (χ2n) is 5.00. The van der Waals surface area contributed by atoms with Crippen molar-refractivity contribution in [2.75, 3.05) is 30.9 Å². The summed E-state index contributed by atoms with van der Waals surface area (Å²) in [5.74, 6) is 0.248. The van der Waals surface area contributed by atoms with Gasteiger partial charge in [0.15, 0.2) is 0 Å². The van der Waals surface area contributed by atoms with Crippen molar-refractivity contribution in [1.29, 1.82) is 0 Å². The van der Waals surface area contributed by atoms with Gasteiger partial charge < -0.3 is 20.5 Å². The standard InChI is InChI=1S/C16H20N4O3/c1-11-10-14(20-16(18-11)17-8-3-9-23-2)19-13-6-4-12(5-7-13)15(21)22/h4-7,10H,3,8-9H2,1-2H3,(H,21,22)(H2,17,18,19,20). The molecule has 7 heteroatoms. The monoisotopic (exact) mass is 316 g/mol. The summed E-state index contributed by atoms with van der Waals surface area (Å²) in [4.78, 5) is 19.6. The summed E-state index contributed by atoms with van der Waals surface area (Å²) in [5, 5.41) is 15.2. The van der Waals surface area contributed by atoms with Crippen LogP contribution in [0.1, 0.15) is 22.5 Å². The number of benzene rings is 1. The van der Waals surface area contributed by atoms with Gasteiger partial charge in [0.2, 0.25) is 5.95 Å². The highest BCUT2D eigenvalue weighted by molar-refractivity contribution is 5.88. The normalized spacial score (nSPS) is 10.3. The minimum absolute atomic E-state index is 0.245. The highest BCUT2D eigenvalue weighted by atomic mass is 16.5. The second kappa shape index (κ2) is 8.09. The van der Waals surface area contributed by atoms with E-state index in [2.05, 4.69) is 20.6 Å². The molecule has 2 aromatic rings. The summed E-state index contributed by atoms with van der Waals surface area (Å²) in [7, 11) is 1.67. The van der Waals surface area contributed by atoms with Crippen LogP contribution in [0.4, 0.5) is 17.5 Å². The molecule has 0 atom stereocenters. The van der Waals surface area contributed by atoms with E-state index in [0.29, 0.717) is 18.4 Å². The van der Waals surface area contributed by atoms with Crippen LogP contribution >= 0.6 is 0 Å². The van der Waals surface area contributed by atoms with Crippen LogP contribution in [0, 0.1) is 6.92 Å². The van der Waals surface area contributed by atoms with Gasteiger partial charge in [-0.15, -0.1) is 0 Å². The molecule has 7 nitrogen and oxygen atoms in total. The summed E-state index contributed by atoms with van der Waals surface area (Å²) >= 11 is 0. The van der Waals surface area contributed by atoms with Gasteiger partial charge in [0.05, 0.1) is 5.56 Å². The lowest BCUT2D eigenvalue weighted by Crippen LogP contribution is -2.09. The van der Waals surface area contributed by atoms with Crippen LogP contribution in [0.25, 0.3) is 0 Å². The van der Waals surface area contributed by atoms with Crippen LogP contribution in [0.15, 0.2) is 30.3 Å². The smallest absolute Gasteiger partial charge is 0.335 e. The molecular formula is C16H20N4O3. The highest BCUT2D eigenvalue weighted by Crippen LogP contribution is 2.17. The fourth-order valence-electron chi connectivity index (χ4n) is 1.97. The molecule has 0 amide bonds. The third kappa shape index (κ3) is 5.23. The minimum atomic E-state index is -0.947. The number of carbonyl (C=O) groups is 1. The Morgan fingerprint density at radius 1 is 1.26 bits per heavy atom. The lowest BCUT2D eigenvalue weighted by Gasteiger charge is -2.10. The van der Waals surface area contributed by atoms with Gasteiger partial charge in [-0.25, -0.2) is 9.78 Å². The first-order valence-electron chi connectivity index (χ1n) is 7.27. The number of rotatable bonds is 8. The van der Waals surface area contributed by atoms with E-state index in [1.165, 1.54) is 0 Å². The Labute approximate surface area is 134 Å². The van der Waals surface area contributed by atoms with E-state index in [4.69, 9.17) is 9.84 Å². The maximum atomic E-state index is 10.8. The largest absolute Gasteiger partial charge is 0.478 e. The number of anilines is 3. The van der Waals surface area contributed by atoms with E-state index in [0.717, 1.165) is 24.3 Å². The Balaban J connectivity index is 2.04. The third-order valence-electron chi connectivity index (χ3n) is 3.07. The van der Waals surface area contributed by atoms with Gasteiger partial charge in [0.25, 0.3) is 0 Å². The van der Waals surface area contributed by atoms with Crippen LogP contribution in [-0.4, -0.2) is 41.3 Å². The Hall–Kier alpha value is -2.67. The number of aryl methyl sites for hydroxylation is 1. The summed E-state index contributed by atoms with van der Waals surface area (Å²) < 4.78 is 5.00. The molecule has 0 radical (unpaired) electrons. The van der Waals surface area contributed by atoms with Crippen LogP contribution in [0.3, 0.4) is 0 Å². The molecule has 1 heterocycles. The molecule has 3 N–H and O–H groups in total. The molecule has 0 unspecified atom stereocenters. The highest BCUT2D eigenvalue weighted by Gasteiger charge is 2.05. The number of aromatic nitrogens is 2. The zero-order valence-corrected chi connectivity index (χ0v) is 13.2. The van der Waals surface area contributed by atoms with Gasteiger partial charge in [0, 0.05) is 37.7 Å². The fraction of sp³-hybridized carbons (Fsp3) is 0.312. The number of hydrogen-bond donors (Lipinski definition) is 3. The molecule has 1 aromatic heterocycles. The van der Waals surface area contributed by atoms with Crippen LogP contribution in [0.5, 0.6) is 0 Å². The molecule has 0 spiro atoms. The Kier molecular flexibility index (Phi) is 5.87. The first kappa shape index (κ1) is 16.7. The molecule has 0 saturated carbocycles. The van der Waals surface area contributed by atoms with E-state index in [1.54, 1.807) is 31.4 Å². The number of carboxylic acids is 1. The molecule has 0 aliphatic heterocycles. The molecular weight excluding hydrogens is 296 g/mol. The van der Waals surface area contributed by atoms with Gasteiger partial charge in [-0.1, -0.05) is 0 Å². The van der Waals surface area contributed by atoms with Gasteiger partial charge in [0.1, 0.15) is 5.82 Å². The topological polar surface area (TPSA) is 96.4 Å². The van der Waals surface area contributed by atoms with Gasteiger partial charge in [-0.2, -0.15) is 4.98 Å². The van der Waals surface area contributed by atoms with Crippen molar-refractivity contribution in [3.05, 3.63) is 41.6 Å². The SMILES string of the molecule is COCCCNc1nc(C)cc(Nc2ccc(C(=O)O)cc2)n1. The first-order valence-corrected chi connectivity index (χ1v) is 7.27. The maximum absolute atomic E-state index is 10.8. The van der Waals surface area contributed by atoms with E-state index in [1.807, 2.05) is 13.0 Å². The number of nitrogens with one attached hydrogen (secondary N) is 2. The first-order chi connectivity index (χ1) is 11.1. The number of nitrogens with zero attached hydrogens (tertiary/aromatic N) is 2. The number of ether oxygens (including phenoxy) is 1. The second-order valence-corrected chi connectivity index (χ2v) is 5.00. The van der Waals surface area contributed by atoms with Crippen molar-refractivity contribution in [2.24, 2.45) is 0 Å². The van der Waals surface area contributed by atoms with E-state index in [-0.39, 0.29) is 5.56 Å². The van der Waals surface area contributed by atoms with Crippen molar-refractivity contribution >= 4 is 23.4 Å². The zero-order chi connectivity index (χ0) is 16.7. The number of methoxy groups -OCH3 is 1. The number of carboxylic acid groups (broad SMARTS) is 1. The molecule has 2 rings (SSSR count). The van der Waals surface area contributed by atoms with Crippen LogP contribution < -0.4 is 10.6 Å². The van der Waals surface area contributed by atoms with Crippen molar-refractivity contribution in [3.63, 3.8) is 0 Å². The van der Waals surface area contributed by atoms with E-state index in [9.17, 15) is 4.79 Å². The summed E-state index contributed by atoms with van der Waals surface area (Å²) in [5.41, 5.74) is 1.84. The Morgan fingerprint density at radius 3 is 2.65 bits per heavy atom. The molecule has 0 bridgehead atoms. The molecule has 1 aromatic carbocycles. The Bertz CT molecular complexity index is 659. The lowest BCUT2D eigenvalue weighted by molar-refractivity contribution is 0.0697. The average molecular weight is 316 g/mol. The fourth-order valence-corrected chi connectivity index (χ4v) is 1.97. The molecule has 0 aliphatic rings. The van der Waals surface area contributed by atoms with Crippen molar-refractivity contribution < 1.29 is 14.6 Å². The summed E-state index contributed by atoms with van der Waals surface area (Å²) in [6, 6.07) is 8.32. The molecule has 0 aliphatic carbocycles. The molecule has 23 heavy (non-hydrogen) atoms. The van der Waals surface area contributed by atoms with Gasteiger partial charge >= 0.3 is 5.97 Å². The summed E-state index contributed by atoms with van der Waals surface area (Å²) in [6.07, 6.45) is 0.868. The number of aromatic carboxylic acids is 1. The minimum Gasteiger partial charge on any atom is -0.478 e.